The fourth-order valence-electron chi connectivity index (χ4n) is 1.19. The van der Waals surface area contributed by atoms with E-state index >= 15 is 0 Å². The number of carboxylic acids is 1. The summed E-state index contributed by atoms with van der Waals surface area (Å²) >= 11 is 0. The van der Waals surface area contributed by atoms with Gasteiger partial charge in [0.1, 0.15) is 6.04 Å². The highest BCUT2D eigenvalue weighted by Crippen LogP contribution is 2.10. The van der Waals surface area contributed by atoms with Crippen molar-refractivity contribution in [3.63, 3.8) is 0 Å². The third kappa shape index (κ3) is 2.81. The van der Waals surface area contributed by atoms with Crippen LogP contribution in [0.2, 0.25) is 0 Å². The van der Waals surface area contributed by atoms with Crippen LogP contribution in [0.15, 0.2) is 24.5 Å². The Morgan fingerprint density at radius 3 is 2.50 bits per heavy atom. The normalized spacial score (nSPS) is 14.7. The predicted octanol–water partition coefficient (Wildman–Crippen LogP) is 1.21. The molecule has 0 aliphatic heterocycles. The van der Waals surface area contributed by atoms with Gasteiger partial charge in [0.2, 0.25) is 0 Å². The molecule has 1 aromatic rings. The zero-order valence-corrected chi connectivity index (χ0v) is 8.27. The predicted molar refractivity (Wildman–Crippen MR) is 52.9 cm³/mol. The van der Waals surface area contributed by atoms with Gasteiger partial charge in [-0.2, -0.15) is 0 Å². The lowest BCUT2D eigenvalue weighted by Gasteiger charge is -2.16. The van der Waals surface area contributed by atoms with Crippen LogP contribution in [0.4, 0.5) is 0 Å². The molecule has 0 radical (unpaired) electrons. The summed E-state index contributed by atoms with van der Waals surface area (Å²) in [6.07, 6.45) is 3.39. The molecular weight excluding hydrogens is 180 g/mol. The number of aromatic nitrogens is 1. The molecule has 0 saturated heterocycles. The minimum Gasteiger partial charge on any atom is -0.480 e. The Hall–Kier alpha value is -1.42. The van der Waals surface area contributed by atoms with Gasteiger partial charge in [-0.3, -0.25) is 15.1 Å². The van der Waals surface area contributed by atoms with E-state index in [9.17, 15) is 4.79 Å². The first-order chi connectivity index (χ1) is 6.61. The van der Waals surface area contributed by atoms with Gasteiger partial charge in [-0.1, -0.05) is 0 Å². The SMILES string of the molecule is CC(NC(C)c1ccncc1)C(=O)O. The molecule has 4 heteroatoms. The van der Waals surface area contributed by atoms with Crippen molar-refractivity contribution in [1.29, 1.82) is 0 Å². The van der Waals surface area contributed by atoms with E-state index in [1.54, 1.807) is 19.3 Å². The molecule has 0 saturated carbocycles. The van der Waals surface area contributed by atoms with E-state index in [2.05, 4.69) is 10.3 Å². The van der Waals surface area contributed by atoms with Crippen molar-refractivity contribution in [2.45, 2.75) is 25.9 Å². The summed E-state index contributed by atoms with van der Waals surface area (Å²) in [6.45, 7) is 3.55. The van der Waals surface area contributed by atoms with Crippen molar-refractivity contribution in [3.05, 3.63) is 30.1 Å². The molecule has 0 aromatic carbocycles. The Kier molecular flexibility index (Phi) is 3.59. The highest BCUT2D eigenvalue weighted by Gasteiger charge is 2.14. The van der Waals surface area contributed by atoms with Crippen molar-refractivity contribution in [2.75, 3.05) is 0 Å². The molecule has 0 spiro atoms. The van der Waals surface area contributed by atoms with Gasteiger partial charge in [0, 0.05) is 18.4 Å². The summed E-state index contributed by atoms with van der Waals surface area (Å²) in [4.78, 5) is 14.5. The van der Waals surface area contributed by atoms with Gasteiger partial charge in [-0.25, -0.2) is 0 Å². The standard InChI is InChI=1S/C10H14N2O2/c1-7(12-8(2)10(13)14)9-3-5-11-6-4-9/h3-8,12H,1-2H3,(H,13,14). The monoisotopic (exact) mass is 194 g/mol. The number of nitrogens with zero attached hydrogens (tertiary/aromatic N) is 1. The fourth-order valence-corrected chi connectivity index (χ4v) is 1.19. The van der Waals surface area contributed by atoms with E-state index in [1.165, 1.54) is 0 Å². The number of hydrogen-bond acceptors (Lipinski definition) is 3. The van der Waals surface area contributed by atoms with Crippen LogP contribution in [0.5, 0.6) is 0 Å². The number of nitrogens with one attached hydrogen (secondary N) is 1. The molecule has 76 valence electrons. The van der Waals surface area contributed by atoms with Gasteiger partial charge < -0.3 is 5.11 Å². The molecule has 0 bridgehead atoms. The minimum atomic E-state index is -0.842. The first kappa shape index (κ1) is 10.7. The first-order valence-corrected chi connectivity index (χ1v) is 4.50. The highest BCUT2D eigenvalue weighted by atomic mass is 16.4. The molecule has 1 heterocycles. The summed E-state index contributed by atoms with van der Waals surface area (Å²) in [5.41, 5.74) is 1.04. The Morgan fingerprint density at radius 2 is 2.00 bits per heavy atom. The Morgan fingerprint density at radius 1 is 1.43 bits per heavy atom. The van der Waals surface area contributed by atoms with Crippen molar-refractivity contribution >= 4 is 5.97 Å². The lowest BCUT2D eigenvalue weighted by molar-refractivity contribution is -0.139. The van der Waals surface area contributed by atoms with E-state index in [0.29, 0.717) is 0 Å². The van der Waals surface area contributed by atoms with E-state index in [4.69, 9.17) is 5.11 Å². The minimum absolute atomic E-state index is 0.0177. The molecule has 1 aromatic heterocycles. The van der Waals surface area contributed by atoms with Crippen LogP contribution in [0.3, 0.4) is 0 Å². The number of pyridine rings is 1. The first-order valence-electron chi connectivity index (χ1n) is 4.50. The van der Waals surface area contributed by atoms with Gasteiger partial charge >= 0.3 is 5.97 Å². The topological polar surface area (TPSA) is 62.2 Å². The van der Waals surface area contributed by atoms with Gasteiger partial charge in [0.25, 0.3) is 0 Å². The molecule has 0 amide bonds. The zero-order chi connectivity index (χ0) is 10.6. The van der Waals surface area contributed by atoms with Gasteiger partial charge in [-0.15, -0.1) is 0 Å². The number of aliphatic carboxylic acids is 1. The van der Waals surface area contributed by atoms with Crippen LogP contribution in [0.1, 0.15) is 25.5 Å². The van der Waals surface area contributed by atoms with Crippen molar-refractivity contribution in [3.8, 4) is 0 Å². The molecule has 4 nitrogen and oxygen atoms in total. The molecule has 1 rings (SSSR count). The maximum Gasteiger partial charge on any atom is 0.320 e. The van der Waals surface area contributed by atoms with Crippen molar-refractivity contribution < 1.29 is 9.90 Å². The van der Waals surface area contributed by atoms with Crippen LogP contribution < -0.4 is 5.32 Å². The largest absolute Gasteiger partial charge is 0.480 e. The second-order valence-electron chi connectivity index (χ2n) is 3.23. The molecule has 2 unspecified atom stereocenters. The third-order valence-corrected chi connectivity index (χ3v) is 2.08. The summed E-state index contributed by atoms with van der Waals surface area (Å²) in [5, 5.41) is 11.7. The number of carbonyl (C=O) groups is 1. The maximum atomic E-state index is 10.6. The zero-order valence-electron chi connectivity index (χ0n) is 8.27. The average molecular weight is 194 g/mol. The molecule has 0 aliphatic carbocycles. The number of hydrogen-bond donors (Lipinski definition) is 2. The number of carboxylic acid groups (broad SMARTS) is 1. The van der Waals surface area contributed by atoms with Gasteiger partial charge in [-0.05, 0) is 31.5 Å². The number of rotatable bonds is 4. The second-order valence-corrected chi connectivity index (χ2v) is 3.23. The molecular formula is C10H14N2O2. The van der Waals surface area contributed by atoms with Crippen LogP contribution in [0.25, 0.3) is 0 Å². The van der Waals surface area contributed by atoms with Crippen molar-refractivity contribution in [2.24, 2.45) is 0 Å². The van der Waals surface area contributed by atoms with E-state index < -0.39 is 12.0 Å². The summed E-state index contributed by atoms with van der Waals surface area (Å²) in [6, 6.07) is 3.21. The Bertz CT molecular complexity index is 300. The summed E-state index contributed by atoms with van der Waals surface area (Å²) < 4.78 is 0. The molecule has 2 N–H and O–H groups in total. The van der Waals surface area contributed by atoms with Crippen molar-refractivity contribution in [1.82, 2.24) is 10.3 Å². The smallest absolute Gasteiger partial charge is 0.320 e. The maximum absolute atomic E-state index is 10.6. The Balaban J connectivity index is 2.59. The van der Waals surface area contributed by atoms with E-state index in [-0.39, 0.29) is 6.04 Å². The van der Waals surface area contributed by atoms with Crippen LogP contribution >= 0.6 is 0 Å². The molecule has 2 atom stereocenters. The quantitative estimate of drug-likeness (QED) is 0.756. The fraction of sp³-hybridized carbons (Fsp3) is 0.400. The molecule has 14 heavy (non-hydrogen) atoms. The van der Waals surface area contributed by atoms with Gasteiger partial charge in [0.15, 0.2) is 0 Å². The average Bonchev–Trinajstić information content (AvgIpc) is 2.19. The summed E-state index contributed by atoms with van der Waals surface area (Å²) in [5.74, 6) is -0.842. The van der Waals surface area contributed by atoms with Gasteiger partial charge in [0.05, 0.1) is 0 Å². The summed E-state index contributed by atoms with van der Waals surface area (Å²) in [7, 11) is 0. The lowest BCUT2D eigenvalue weighted by atomic mass is 10.1. The van der Waals surface area contributed by atoms with E-state index in [1.807, 2.05) is 19.1 Å². The van der Waals surface area contributed by atoms with Crippen LogP contribution in [-0.2, 0) is 4.79 Å². The molecule has 0 fully saturated rings. The van der Waals surface area contributed by atoms with Crippen LogP contribution in [0, 0.1) is 0 Å². The Labute approximate surface area is 83.0 Å². The lowest BCUT2D eigenvalue weighted by Crippen LogP contribution is -2.35. The van der Waals surface area contributed by atoms with Crippen LogP contribution in [-0.4, -0.2) is 22.1 Å². The molecule has 0 aliphatic rings. The van der Waals surface area contributed by atoms with E-state index in [0.717, 1.165) is 5.56 Å². The highest BCUT2D eigenvalue weighted by molar-refractivity contribution is 5.72. The third-order valence-electron chi connectivity index (χ3n) is 2.08. The second kappa shape index (κ2) is 4.72.